The zero-order valence-electron chi connectivity index (χ0n) is 16.8. The van der Waals surface area contributed by atoms with Crippen molar-refractivity contribution in [3.63, 3.8) is 0 Å². The monoisotopic (exact) mass is 450 g/mol. The van der Waals surface area contributed by atoms with Crippen LogP contribution in [0, 0.1) is 0 Å². The van der Waals surface area contributed by atoms with Gasteiger partial charge in [0.15, 0.2) is 0 Å². The molecular weight excluding hydrogens is 426 g/mol. The van der Waals surface area contributed by atoms with Gasteiger partial charge in [0.05, 0.1) is 29.3 Å². The van der Waals surface area contributed by atoms with Gasteiger partial charge in [-0.25, -0.2) is 0 Å². The van der Waals surface area contributed by atoms with Gasteiger partial charge in [0, 0.05) is 12.6 Å². The summed E-state index contributed by atoms with van der Waals surface area (Å²) in [6.07, 6.45) is -6.43. The Balaban J connectivity index is 1.69. The first-order valence-corrected chi connectivity index (χ1v) is 10.5. The third-order valence-electron chi connectivity index (χ3n) is 6.29. The van der Waals surface area contributed by atoms with Crippen LogP contribution in [0.3, 0.4) is 0 Å². The van der Waals surface area contributed by atoms with E-state index in [4.69, 9.17) is 4.74 Å². The van der Waals surface area contributed by atoms with Crippen LogP contribution in [0.25, 0.3) is 0 Å². The number of nitrogens with zero attached hydrogens (tertiary/aromatic N) is 1. The number of ether oxygens (including phenoxy) is 1. The normalized spacial score (nSPS) is 25.6. The Hall–Kier alpha value is -1.81. The molecule has 1 aromatic carbocycles. The summed E-state index contributed by atoms with van der Waals surface area (Å²) in [6, 6.07) is 0.177. The third-order valence-corrected chi connectivity index (χ3v) is 6.29. The van der Waals surface area contributed by atoms with E-state index in [1.807, 2.05) is 0 Å². The van der Waals surface area contributed by atoms with Crippen LogP contribution in [0.4, 0.5) is 26.3 Å². The maximum absolute atomic E-state index is 13.8. The summed E-state index contributed by atoms with van der Waals surface area (Å²) in [6.45, 7) is 2.35. The first-order chi connectivity index (χ1) is 14.6. The summed E-state index contributed by atoms with van der Waals surface area (Å²) in [5.74, 6) is -1.45. The number of nitrogens with one attached hydrogen (secondary N) is 1. The molecule has 1 aliphatic carbocycles. The molecule has 10 heteroatoms. The Morgan fingerprint density at radius 3 is 2.26 bits per heavy atom. The van der Waals surface area contributed by atoms with E-state index in [1.54, 1.807) is 0 Å². The second-order valence-corrected chi connectivity index (χ2v) is 8.51. The van der Waals surface area contributed by atoms with E-state index in [-0.39, 0.29) is 24.3 Å². The SMILES string of the molecule is O=C(N[C@@H]1COCC[C@H]1N1CCCC1)c1c(C2CC2)cc(C(F)(F)F)cc1C(F)(F)F. The van der Waals surface area contributed by atoms with Gasteiger partial charge in [0.25, 0.3) is 5.91 Å². The minimum Gasteiger partial charge on any atom is -0.379 e. The quantitative estimate of drug-likeness (QED) is 0.683. The molecule has 4 nitrogen and oxygen atoms in total. The Kier molecular flexibility index (Phi) is 5.97. The van der Waals surface area contributed by atoms with Crippen molar-refractivity contribution in [2.24, 2.45) is 0 Å². The molecule has 2 aliphatic heterocycles. The Labute approximate surface area is 175 Å². The van der Waals surface area contributed by atoms with Gasteiger partial charge in [-0.3, -0.25) is 9.69 Å². The largest absolute Gasteiger partial charge is 0.417 e. The molecule has 4 rings (SSSR count). The van der Waals surface area contributed by atoms with Crippen LogP contribution in [-0.4, -0.2) is 49.2 Å². The molecule has 1 amide bonds. The highest BCUT2D eigenvalue weighted by atomic mass is 19.4. The molecule has 1 aromatic rings. The van der Waals surface area contributed by atoms with Crippen LogP contribution in [-0.2, 0) is 17.1 Å². The van der Waals surface area contributed by atoms with Gasteiger partial charge in [0.1, 0.15) is 0 Å². The van der Waals surface area contributed by atoms with E-state index in [2.05, 4.69) is 10.2 Å². The van der Waals surface area contributed by atoms with Crippen LogP contribution in [0.2, 0.25) is 0 Å². The fourth-order valence-corrected chi connectivity index (χ4v) is 4.64. The number of rotatable bonds is 4. The van der Waals surface area contributed by atoms with E-state index in [0.717, 1.165) is 25.9 Å². The Morgan fingerprint density at radius 2 is 1.68 bits per heavy atom. The van der Waals surface area contributed by atoms with Crippen molar-refractivity contribution in [1.82, 2.24) is 10.2 Å². The average Bonchev–Trinajstić information content (AvgIpc) is 3.40. The van der Waals surface area contributed by atoms with Crippen molar-refractivity contribution in [2.75, 3.05) is 26.3 Å². The Morgan fingerprint density at radius 1 is 1.00 bits per heavy atom. The van der Waals surface area contributed by atoms with Gasteiger partial charge < -0.3 is 10.1 Å². The summed E-state index contributed by atoms with van der Waals surface area (Å²) in [7, 11) is 0. The number of benzene rings is 1. The molecule has 31 heavy (non-hydrogen) atoms. The number of likely N-dealkylation sites (tertiary alicyclic amines) is 1. The summed E-state index contributed by atoms with van der Waals surface area (Å²) < 4.78 is 86.5. The van der Waals surface area contributed by atoms with Crippen molar-refractivity contribution in [1.29, 1.82) is 0 Å². The second kappa shape index (κ2) is 8.27. The summed E-state index contributed by atoms with van der Waals surface area (Å²) in [5.41, 5.74) is -3.77. The van der Waals surface area contributed by atoms with E-state index in [0.29, 0.717) is 31.9 Å². The molecule has 0 unspecified atom stereocenters. The van der Waals surface area contributed by atoms with Crippen molar-refractivity contribution >= 4 is 5.91 Å². The van der Waals surface area contributed by atoms with Crippen LogP contribution in [0.5, 0.6) is 0 Å². The van der Waals surface area contributed by atoms with Crippen LogP contribution in [0.15, 0.2) is 12.1 Å². The van der Waals surface area contributed by atoms with E-state index < -0.39 is 46.9 Å². The molecule has 1 N–H and O–H groups in total. The highest BCUT2D eigenvalue weighted by Crippen LogP contribution is 2.47. The minimum atomic E-state index is -5.09. The van der Waals surface area contributed by atoms with E-state index >= 15 is 0 Å². The lowest BCUT2D eigenvalue weighted by Gasteiger charge is -2.38. The molecule has 3 fully saturated rings. The van der Waals surface area contributed by atoms with E-state index in [1.165, 1.54) is 0 Å². The number of hydrogen-bond donors (Lipinski definition) is 1. The van der Waals surface area contributed by atoms with Crippen LogP contribution >= 0.6 is 0 Å². The first-order valence-electron chi connectivity index (χ1n) is 10.5. The molecule has 2 heterocycles. The molecule has 2 atom stereocenters. The number of carbonyl (C=O) groups excluding carboxylic acids is 1. The van der Waals surface area contributed by atoms with Gasteiger partial charge in [-0.05, 0) is 68.8 Å². The van der Waals surface area contributed by atoms with Crippen molar-refractivity contribution in [2.45, 2.75) is 62.5 Å². The smallest absolute Gasteiger partial charge is 0.379 e. The number of amides is 1. The van der Waals surface area contributed by atoms with E-state index in [9.17, 15) is 31.1 Å². The molecule has 0 bridgehead atoms. The number of halogens is 6. The standard InChI is InChI=1S/C21H24F6N2O2/c22-20(23,24)13-9-14(12-3-4-12)18(15(10-13)21(25,26)27)19(30)28-16-11-31-8-5-17(16)29-6-1-2-7-29/h9-10,12,16-17H,1-8,11H2,(H,28,30)/t16-,17-/m1/s1. The molecule has 0 spiro atoms. The van der Waals surface area contributed by atoms with Crippen molar-refractivity contribution < 1.29 is 35.9 Å². The molecule has 3 aliphatic rings. The highest BCUT2D eigenvalue weighted by Gasteiger charge is 2.44. The molecular formula is C21H24F6N2O2. The lowest BCUT2D eigenvalue weighted by molar-refractivity contribution is -0.143. The van der Waals surface area contributed by atoms with Crippen LogP contribution in [0.1, 0.15) is 65.1 Å². The molecule has 0 radical (unpaired) electrons. The fourth-order valence-electron chi connectivity index (χ4n) is 4.64. The van der Waals surface area contributed by atoms with Crippen molar-refractivity contribution in [3.05, 3.63) is 34.4 Å². The minimum absolute atomic E-state index is 0.0517. The maximum Gasteiger partial charge on any atom is 0.417 e. The molecule has 0 aromatic heterocycles. The maximum atomic E-state index is 13.8. The van der Waals surface area contributed by atoms with Gasteiger partial charge >= 0.3 is 12.4 Å². The highest BCUT2D eigenvalue weighted by molar-refractivity contribution is 5.98. The van der Waals surface area contributed by atoms with Gasteiger partial charge in [-0.2, -0.15) is 26.3 Å². The lowest BCUT2D eigenvalue weighted by Crippen LogP contribution is -2.56. The zero-order chi connectivity index (χ0) is 22.4. The van der Waals surface area contributed by atoms with Gasteiger partial charge in [-0.15, -0.1) is 0 Å². The molecule has 2 saturated heterocycles. The number of alkyl halides is 6. The van der Waals surface area contributed by atoms with Crippen molar-refractivity contribution in [3.8, 4) is 0 Å². The second-order valence-electron chi connectivity index (χ2n) is 8.51. The first kappa shape index (κ1) is 22.4. The average molecular weight is 450 g/mol. The topological polar surface area (TPSA) is 41.6 Å². The lowest BCUT2D eigenvalue weighted by atomic mass is 9.92. The fraction of sp³-hybridized carbons (Fsp3) is 0.667. The van der Waals surface area contributed by atoms with Gasteiger partial charge in [0.2, 0.25) is 0 Å². The third kappa shape index (κ3) is 4.84. The van der Waals surface area contributed by atoms with Crippen LogP contribution < -0.4 is 5.32 Å². The molecule has 172 valence electrons. The number of hydrogen-bond acceptors (Lipinski definition) is 3. The predicted octanol–water partition coefficient (Wildman–Crippen LogP) is 4.58. The number of carbonyl (C=O) groups is 1. The van der Waals surface area contributed by atoms with Gasteiger partial charge in [-0.1, -0.05) is 0 Å². The predicted molar refractivity (Wildman–Crippen MR) is 99.7 cm³/mol. The summed E-state index contributed by atoms with van der Waals surface area (Å²) >= 11 is 0. The Bertz CT molecular complexity index is 828. The molecule has 1 saturated carbocycles. The summed E-state index contributed by atoms with van der Waals surface area (Å²) in [4.78, 5) is 15.3. The summed E-state index contributed by atoms with van der Waals surface area (Å²) in [5, 5.41) is 2.67. The zero-order valence-corrected chi connectivity index (χ0v) is 16.8.